The van der Waals surface area contributed by atoms with Gasteiger partial charge < -0.3 is 10.0 Å². The van der Waals surface area contributed by atoms with Gasteiger partial charge in [0.15, 0.2) is 0 Å². The lowest BCUT2D eigenvalue weighted by Gasteiger charge is -2.45. The van der Waals surface area contributed by atoms with Crippen molar-refractivity contribution < 1.29 is 9.90 Å². The van der Waals surface area contributed by atoms with Crippen molar-refractivity contribution in [3.63, 3.8) is 0 Å². The van der Waals surface area contributed by atoms with Crippen LogP contribution < -0.4 is 0 Å². The van der Waals surface area contributed by atoms with Crippen LogP contribution in [0.5, 0.6) is 0 Å². The van der Waals surface area contributed by atoms with Crippen LogP contribution in [0.1, 0.15) is 46.5 Å². The maximum absolute atomic E-state index is 11.6. The van der Waals surface area contributed by atoms with Crippen molar-refractivity contribution >= 4 is 5.97 Å². The molecule has 21 heavy (non-hydrogen) atoms. The van der Waals surface area contributed by atoms with Crippen LogP contribution in [0.2, 0.25) is 0 Å². The van der Waals surface area contributed by atoms with Crippen molar-refractivity contribution in [1.29, 1.82) is 0 Å². The molecule has 4 nitrogen and oxygen atoms in total. The van der Waals surface area contributed by atoms with E-state index in [-0.39, 0.29) is 12.0 Å². The van der Waals surface area contributed by atoms with Gasteiger partial charge >= 0.3 is 5.97 Å². The molecule has 1 heterocycles. The number of aliphatic carboxylic acids is 1. The van der Waals surface area contributed by atoms with Gasteiger partial charge in [0.1, 0.15) is 0 Å². The third-order valence-corrected chi connectivity index (χ3v) is 5.32. The van der Waals surface area contributed by atoms with E-state index >= 15 is 0 Å². The van der Waals surface area contributed by atoms with E-state index < -0.39 is 5.97 Å². The van der Waals surface area contributed by atoms with E-state index in [4.69, 9.17) is 0 Å². The molecule has 0 amide bonds. The Kier molecular flexibility index (Phi) is 6.06. The van der Waals surface area contributed by atoms with Gasteiger partial charge in [-0.2, -0.15) is 0 Å². The monoisotopic (exact) mass is 296 g/mol. The van der Waals surface area contributed by atoms with Gasteiger partial charge in [0.25, 0.3) is 0 Å². The molecule has 0 aromatic rings. The molecule has 3 atom stereocenters. The number of carbonyl (C=O) groups is 1. The lowest BCUT2D eigenvalue weighted by atomic mass is 9.76. The summed E-state index contributed by atoms with van der Waals surface area (Å²) in [5.41, 5.74) is 0. The predicted molar refractivity (Wildman–Crippen MR) is 85.4 cm³/mol. The number of carboxylic acid groups (broad SMARTS) is 1. The molecule has 1 N–H and O–H groups in total. The lowest BCUT2D eigenvalue weighted by molar-refractivity contribution is -0.146. The summed E-state index contributed by atoms with van der Waals surface area (Å²) in [5.74, 6) is 0.699. The van der Waals surface area contributed by atoms with Crippen LogP contribution in [0.4, 0.5) is 0 Å². The Hall–Kier alpha value is -0.610. The highest BCUT2D eigenvalue weighted by molar-refractivity contribution is 5.71. The molecule has 4 heteroatoms. The van der Waals surface area contributed by atoms with Gasteiger partial charge in [-0.25, -0.2) is 0 Å². The van der Waals surface area contributed by atoms with Crippen molar-refractivity contribution in [3.8, 4) is 0 Å². The summed E-state index contributed by atoms with van der Waals surface area (Å²) >= 11 is 0. The molecule has 1 aliphatic carbocycles. The van der Waals surface area contributed by atoms with Gasteiger partial charge in [0.2, 0.25) is 0 Å². The molecule has 1 saturated heterocycles. The minimum atomic E-state index is -0.584. The van der Waals surface area contributed by atoms with E-state index in [0.717, 1.165) is 51.4 Å². The van der Waals surface area contributed by atoms with Crippen molar-refractivity contribution in [1.82, 2.24) is 9.80 Å². The average Bonchev–Trinajstić information content (AvgIpc) is 2.46. The first-order valence-corrected chi connectivity index (χ1v) is 8.70. The Bertz CT molecular complexity index is 338. The molecule has 3 unspecified atom stereocenters. The Morgan fingerprint density at radius 2 is 1.86 bits per heavy atom. The van der Waals surface area contributed by atoms with Gasteiger partial charge in [-0.15, -0.1) is 0 Å². The fourth-order valence-corrected chi connectivity index (χ4v) is 4.09. The Balaban J connectivity index is 1.93. The van der Waals surface area contributed by atoms with E-state index in [0.29, 0.717) is 5.92 Å². The Morgan fingerprint density at radius 1 is 1.19 bits per heavy atom. The van der Waals surface area contributed by atoms with Crippen LogP contribution in [0, 0.1) is 17.8 Å². The topological polar surface area (TPSA) is 43.8 Å². The second-order valence-electron chi connectivity index (χ2n) is 7.33. The first-order chi connectivity index (χ1) is 10.0. The van der Waals surface area contributed by atoms with Crippen LogP contribution in [0.3, 0.4) is 0 Å². The number of carboxylic acids is 1. The van der Waals surface area contributed by atoms with E-state index in [1.165, 1.54) is 13.0 Å². The third kappa shape index (κ3) is 4.43. The molecule has 2 aliphatic rings. The molecule has 0 aromatic carbocycles. The molecule has 1 saturated carbocycles. The zero-order valence-corrected chi connectivity index (χ0v) is 13.9. The van der Waals surface area contributed by atoms with Crippen molar-refractivity contribution in [2.45, 2.75) is 52.5 Å². The van der Waals surface area contributed by atoms with Gasteiger partial charge in [-0.05, 0) is 31.1 Å². The molecule has 2 fully saturated rings. The summed E-state index contributed by atoms with van der Waals surface area (Å²) in [6.07, 6.45) is 4.23. The lowest BCUT2D eigenvalue weighted by Crippen LogP contribution is -2.55. The zero-order valence-electron chi connectivity index (χ0n) is 13.9. The highest BCUT2D eigenvalue weighted by Gasteiger charge is 2.38. The molecule has 0 bridgehead atoms. The van der Waals surface area contributed by atoms with E-state index in [1.807, 2.05) is 0 Å². The van der Waals surface area contributed by atoms with Gasteiger partial charge in [-0.3, -0.25) is 9.69 Å². The fourth-order valence-electron chi connectivity index (χ4n) is 4.09. The SMILES string of the molecule is CCC1CCC(C(=O)O)C(N2CCN(CC(C)C)CC2)C1. The molecule has 0 spiro atoms. The molecular formula is C17H32N2O2. The number of rotatable bonds is 5. The van der Waals surface area contributed by atoms with E-state index in [9.17, 15) is 9.90 Å². The molecular weight excluding hydrogens is 264 g/mol. The number of hydrogen-bond acceptors (Lipinski definition) is 3. The minimum absolute atomic E-state index is 0.149. The maximum Gasteiger partial charge on any atom is 0.308 e. The fraction of sp³-hybridized carbons (Fsp3) is 0.941. The van der Waals surface area contributed by atoms with Crippen molar-refractivity contribution in [3.05, 3.63) is 0 Å². The maximum atomic E-state index is 11.6. The minimum Gasteiger partial charge on any atom is -0.481 e. The van der Waals surface area contributed by atoms with E-state index in [1.54, 1.807) is 0 Å². The predicted octanol–water partition coefficient (Wildman–Crippen LogP) is 2.54. The first-order valence-electron chi connectivity index (χ1n) is 8.70. The summed E-state index contributed by atoms with van der Waals surface area (Å²) in [7, 11) is 0. The third-order valence-electron chi connectivity index (χ3n) is 5.32. The summed E-state index contributed by atoms with van der Waals surface area (Å²) in [6.45, 7) is 12.2. The van der Waals surface area contributed by atoms with Gasteiger partial charge in [0.05, 0.1) is 5.92 Å². The van der Waals surface area contributed by atoms with Crippen LogP contribution in [0.15, 0.2) is 0 Å². The van der Waals surface area contributed by atoms with Gasteiger partial charge in [-0.1, -0.05) is 27.2 Å². The number of hydrogen-bond donors (Lipinski definition) is 1. The summed E-state index contributed by atoms with van der Waals surface area (Å²) in [4.78, 5) is 16.6. The van der Waals surface area contributed by atoms with Crippen LogP contribution >= 0.6 is 0 Å². The second kappa shape index (κ2) is 7.59. The second-order valence-corrected chi connectivity index (χ2v) is 7.33. The highest BCUT2D eigenvalue weighted by Crippen LogP contribution is 2.34. The van der Waals surface area contributed by atoms with Crippen LogP contribution in [-0.2, 0) is 4.79 Å². The normalized spacial score (nSPS) is 32.5. The van der Waals surface area contributed by atoms with Crippen LogP contribution in [-0.4, -0.2) is 59.6 Å². The number of piperazine rings is 1. The average molecular weight is 296 g/mol. The molecule has 1 aliphatic heterocycles. The zero-order chi connectivity index (χ0) is 15.4. The van der Waals surface area contributed by atoms with Crippen molar-refractivity contribution in [2.75, 3.05) is 32.7 Å². The number of nitrogens with zero attached hydrogens (tertiary/aromatic N) is 2. The summed E-state index contributed by atoms with van der Waals surface area (Å²) in [5, 5.41) is 9.53. The molecule has 0 radical (unpaired) electrons. The molecule has 2 rings (SSSR count). The Labute approximate surface area is 129 Å². The van der Waals surface area contributed by atoms with Crippen LogP contribution in [0.25, 0.3) is 0 Å². The Morgan fingerprint density at radius 3 is 2.38 bits per heavy atom. The molecule has 122 valence electrons. The molecule has 0 aromatic heterocycles. The van der Waals surface area contributed by atoms with Gasteiger partial charge in [0, 0.05) is 38.8 Å². The first kappa shape index (κ1) is 16.8. The summed E-state index contributed by atoms with van der Waals surface area (Å²) < 4.78 is 0. The van der Waals surface area contributed by atoms with E-state index in [2.05, 4.69) is 30.6 Å². The summed E-state index contributed by atoms with van der Waals surface area (Å²) in [6, 6.07) is 0.266. The van der Waals surface area contributed by atoms with Crippen molar-refractivity contribution in [2.24, 2.45) is 17.8 Å². The smallest absolute Gasteiger partial charge is 0.308 e. The largest absolute Gasteiger partial charge is 0.481 e. The quantitative estimate of drug-likeness (QED) is 0.847. The highest BCUT2D eigenvalue weighted by atomic mass is 16.4. The standard InChI is InChI=1S/C17H32N2O2/c1-4-14-5-6-15(17(20)21)16(11-14)19-9-7-18(8-10-19)12-13(2)3/h13-16H,4-12H2,1-3H3,(H,20,21).